The highest BCUT2D eigenvalue weighted by atomic mass is 19.4. The molecule has 2 amide bonds. The summed E-state index contributed by atoms with van der Waals surface area (Å²) in [6, 6.07) is 11.6. The van der Waals surface area contributed by atoms with E-state index in [4.69, 9.17) is 4.74 Å². The molecular formula is C22H23F3N2O3. The summed E-state index contributed by atoms with van der Waals surface area (Å²) in [5, 5.41) is 0. The Morgan fingerprint density at radius 2 is 1.50 bits per heavy atom. The van der Waals surface area contributed by atoms with Gasteiger partial charge in [-0.05, 0) is 49.7 Å². The molecule has 160 valence electrons. The molecule has 0 aromatic heterocycles. The number of alkyl halides is 3. The molecule has 0 spiro atoms. The first-order valence-corrected chi connectivity index (χ1v) is 9.79. The molecule has 1 fully saturated rings. The minimum Gasteiger partial charge on any atom is -0.494 e. The van der Waals surface area contributed by atoms with Crippen LogP contribution in [0, 0.1) is 0 Å². The summed E-state index contributed by atoms with van der Waals surface area (Å²) in [4.78, 5) is 28.6. The Hall–Kier alpha value is -3.03. The van der Waals surface area contributed by atoms with Gasteiger partial charge in [0.25, 0.3) is 11.8 Å². The molecule has 1 aliphatic rings. The predicted molar refractivity (Wildman–Crippen MR) is 105 cm³/mol. The maximum absolute atomic E-state index is 13.3. The van der Waals surface area contributed by atoms with Gasteiger partial charge in [0.1, 0.15) is 5.75 Å². The van der Waals surface area contributed by atoms with Crippen LogP contribution < -0.4 is 4.74 Å². The second-order valence-corrected chi connectivity index (χ2v) is 6.94. The quantitative estimate of drug-likeness (QED) is 0.749. The molecule has 3 rings (SSSR count). The number of hydrogen-bond donors (Lipinski definition) is 0. The monoisotopic (exact) mass is 420 g/mol. The van der Waals surface area contributed by atoms with Crippen molar-refractivity contribution in [2.75, 3.05) is 32.8 Å². The summed E-state index contributed by atoms with van der Waals surface area (Å²) in [6.45, 7) is 3.55. The van der Waals surface area contributed by atoms with Gasteiger partial charge in [-0.2, -0.15) is 13.2 Å². The van der Waals surface area contributed by atoms with Crippen LogP contribution >= 0.6 is 0 Å². The lowest BCUT2D eigenvalue weighted by Crippen LogP contribution is -2.38. The zero-order valence-corrected chi connectivity index (χ0v) is 16.6. The van der Waals surface area contributed by atoms with Gasteiger partial charge in [0.2, 0.25) is 0 Å². The van der Waals surface area contributed by atoms with Crippen molar-refractivity contribution in [2.24, 2.45) is 0 Å². The highest BCUT2D eigenvalue weighted by molar-refractivity contribution is 5.96. The first-order chi connectivity index (χ1) is 14.3. The number of nitrogens with zero attached hydrogens (tertiary/aromatic N) is 2. The molecule has 0 radical (unpaired) electrons. The molecule has 0 bridgehead atoms. The van der Waals surface area contributed by atoms with Gasteiger partial charge in [-0.25, -0.2) is 0 Å². The van der Waals surface area contributed by atoms with Crippen molar-refractivity contribution in [1.29, 1.82) is 0 Å². The number of ether oxygens (including phenoxy) is 1. The normalized spacial score (nSPS) is 14.9. The number of amides is 2. The van der Waals surface area contributed by atoms with Crippen LogP contribution in [0.15, 0.2) is 48.5 Å². The smallest absolute Gasteiger partial charge is 0.417 e. The van der Waals surface area contributed by atoms with Gasteiger partial charge in [0.05, 0.1) is 17.7 Å². The van der Waals surface area contributed by atoms with Crippen molar-refractivity contribution in [2.45, 2.75) is 19.5 Å². The van der Waals surface area contributed by atoms with E-state index in [0.717, 1.165) is 6.07 Å². The first-order valence-electron chi connectivity index (χ1n) is 9.79. The van der Waals surface area contributed by atoms with Crippen molar-refractivity contribution in [1.82, 2.24) is 9.80 Å². The number of carbonyl (C=O) groups is 2. The van der Waals surface area contributed by atoms with Gasteiger partial charge in [-0.15, -0.1) is 0 Å². The molecule has 0 aliphatic carbocycles. The highest BCUT2D eigenvalue weighted by Gasteiger charge is 2.36. The number of benzene rings is 2. The van der Waals surface area contributed by atoms with E-state index < -0.39 is 17.6 Å². The molecule has 1 aliphatic heterocycles. The predicted octanol–water partition coefficient (Wildman–Crippen LogP) is 4.09. The standard InChI is InChI=1S/C22H23F3N2O3/c1-2-30-17-10-8-16(9-11-17)20(28)26-12-5-13-27(15-14-26)21(29)18-6-3-4-7-19(18)22(23,24)25/h3-4,6-11H,2,5,12-15H2,1H3. The van der Waals surface area contributed by atoms with Gasteiger partial charge in [-0.3, -0.25) is 9.59 Å². The minimum atomic E-state index is -4.60. The minimum absolute atomic E-state index is 0.174. The zero-order chi connectivity index (χ0) is 21.7. The third-order valence-corrected chi connectivity index (χ3v) is 4.95. The molecule has 0 atom stereocenters. The van der Waals surface area contributed by atoms with E-state index >= 15 is 0 Å². The third kappa shape index (κ3) is 4.93. The Kier molecular flexibility index (Phi) is 6.64. The number of rotatable bonds is 4. The van der Waals surface area contributed by atoms with Crippen LogP contribution in [0.2, 0.25) is 0 Å². The summed E-state index contributed by atoms with van der Waals surface area (Å²) >= 11 is 0. The van der Waals surface area contributed by atoms with Gasteiger partial charge in [0.15, 0.2) is 0 Å². The third-order valence-electron chi connectivity index (χ3n) is 4.95. The Morgan fingerprint density at radius 1 is 0.900 bits per heavy atom. The molecule has 2 aromatic rings. The topological polar surface area (TPSA) is 49.9 Å². The van der Waals surface area contributed by atoms with Crippen LogP contribution in [0.3, 0.4) is 0 Å². The summed E-state index contributed by atoms with van der Waals surface area (Å²) in [5.41, 5.74) is -0.807. The van der Waals surface area contributed by atoms with E-state index in [9.17, 15) is 22.8 Å². The Morgan fingerprint density at radius 3 is 2.10 bits per heavy atom. The van der Waals surface area contributed by atoms with Crippen molar-refractivity contribution in [3.05, 3.63) is 65.2 Å². The van der Waals surface area contributed by atoms with Crippen molar-refractivity contribution >= 4 is 11.8 Å². The lowest BCUT2D eigenvalue weighted by Gasteiger charge is -2.23. The van der Waals surface area contributed by atoms with E-state index in [1.54, 1.807) is 29.2 Å². The summed E-state index contributed by atoms with van der Waals surface area (Å²) < 4.78 is 45.1. The Bertz CT molecular complexity index is 897. The molecule has 8 heteroatoms. The number of hydrogen-bond acceptors (Lipinski definition) is 3. The van der Waals surface area contributed by atoms with Crippen LogP contribution in [-0.4, -0.2) is 54.4 Å². The summed E-state index contributed by atoms with van der Waals surface area (Å²) in [5.74, 6) is -0.175. The fraction of sp³-hybridized carbons (Fsp3) is 0.364. The Labute approximate surface area is 173 Å². The molecule has 0 saturated carbocycles. The van der Waals surface area contributed by atoms with Crippen molar-refractivity contribution < 1.29 is 27.5 Å². The van der Waals surface area contributed by atoms with E-state index in [2.05, 4.69) is 0 Å². The van der Waals surface area contributed by atoms with Crippen LogP contribution in [0.1, 0.15) is 39.6 Å². The van der Waals surface area contributed by atoms with Gasteiger partial charge < -0.3 is 14.5 Å². The Balaban J connectivity index is 1.69. The largest absolute Gasteiger partial charge is 0.494 e. The summed E-state index contributed by atoms with van der Waals surface area (Å²) in [7, 11) is 0. The fourth-order valence-corrected chi connectivity index (χ4v) is 3.45. The van der Waals surface area contributed by atoms with Crippen molar-refractivity contribution in [3.8, 4) is 5.75 Å². The summed E-state index contributed by atoms with van der Waals surface area (Å²) in [6.07, 6.45) is -4.11. The molecule has 1 saturated heterocycles. The maximum Gasteiger partial charge on any atom is 0.417 e. The van der Waals surface area contributed by atoms with Gasteiger partial charge in [-0.1, -0.05) is 12.1 Å². The van der Waals surface area contributed by atoms with Gasteiger partial charge in [0, 0.05) is 31.7 Å². The zero-order valence-electron chi connectivity index (χ0n) is 16.6. The van der Waals surface area contributed by atoms with Crippen LogP contribution in [0.5, 0.6) is 5.75 Å². The van der Waals surface area contributed by atoms with E-state index in [0.29, 0.717) is 30.9 Å². The molecule has 0 N–H and O–H groups in total. The molecule has 2 aromatic carbocycles. The van der Waals surface area contributed by atoms with Crippen LogP contribution in [0.25, 0.3) is 0 Å². The molecular weight excluding hydrogens is 397 g/mol. The van der Waals surface area contributed by atoms with E-state index in [1.165, 1.54) is 23.1 Å². The lowest BCUT2D eigenvalue weighted by atomic mass is 10.1. The lowest BCUT2D eigenvalue weighted by molar-refractivity contribution is -0.138. The maximum atomic E-state index is 13.3. The number of halogens is 3. The SMILES string of the molecule is CCOc1ccc(C(=O)N2CCCN(C(=O)c3ccccc3C(F)(F)F)CC2)cc1. The van der Waals surface area contributed by atoms with Crippen LogP contribution in [0.4, 0.5) is 13.2 Å². The molecule has 1 heterocycles. The van der Waals surface area contributed by atoms with Crippen LogP contribution in [-0.2, 0) is 6.18 Å². The second-order valence-electron chi connectivity index (χ2n) is 6.94. The van der Waals surface area contributed by atoms with Crippen molar-refractivity contribution in [3.63, 3.8) is 0 Å². The molecule has 30 heavy (non-hydrogen) atoms. The van der Waals surface area contributed by atoms with Gasteiger partial charge >= 0.3 is 6.18 Å². The highest BCUT2D eigenvalue weighted by Crippen LogP contribution is 2.32. The molecule has 0 unspecified atom stereocenters. The fourth-order valence-electron chi connectivity index (χ4n) is 3.45. The number of carbonyl (C=O) groups excluding carboxylic acids is 2. The van der Waals surface area contributed by atoms with E-state index in [1.807, 2.05) is 6.92 Å². The molecule has 5 nitrogen and oxygen atoms in total. The average molecular weight is 420 g/mol. The first kappa shape index (κ1) is 21.7. The average Bonchev–Trinajstić information content (AvgIpc) is 2.99. The second kappa shape index (κ2) is 9.19. The van der Waals surface area contributed by atoms with E-state index in [-0.39, 0.29) is 31.1 Å².